The van der Waals surface area contributed by atoms with E-state index in [2.05, 4.69) is 4.72 Å². The van der Waals surface area contributed by atoms with Crippen LogP contribution in [0.2, 0.25) is 0 Å². The third-order valence-electron chi connectivity index (χ3n) is 3.49. The zero-order chi connectivity index (χ0) is 19.0. The second-order valence-electron chi connectivity index (χ2n) is 5.46. The fraction of sp³-hybridized carbons (Fsp3) is 0.211. The first-order valence-electron chi connectivity index (χ1n) is 7.97. The van der Waals surface area contributed by atoms with Crippen molar-refractivity contribution in [3.8, 4) is 5.75 Å². The number of ether oxygens (including phenoxy) is 2. The molecular weight excluding hydrogens is 354 g/mol. The van der Waals surface area contributed by atoms with Crippen LogP contribution in [-0.4, -0.2) is 34.1 Å². The highest BCUT2D eigenvalue weighted by atomic mass is 32.2. The van der Waals surface area contributed by atoms with E-state index in [4.69, 9.17) is 9.47 Å². The van der Waals surface area contributed by atoms with E-state index in [0.717, 1.165) is 5.56 Å². The molecule has 0 aliphatic rings. The monoisotopic (exact) mass is 375 g/mol. The summed E-state index contributed by atoms with van der Waals surface area (Å²) in [4.78, 5) is 12.0. The highest BCUT2D eigenvalue weighted by molar-refractivity contribution is 7.89. The van der Waals surface area contributed by atoms with Crippen LogP contribution >= 0.6 is 0 Å². The van der Waals surface area contributed by atoms with Crippen LogP contribution in [0.1, 0.15) is 12.5 Å². The Balaban J connectivity index is 1.88. The predicted octanol–water partition coefficient (Wildman–Crippen LogP) is 2.62. The number of hydrogen-bond acceptors (Lipinski definition) is 5. The molecule has 0 spiro atoms. The number of carbonyl (C=O) groups excluding carboxylic acids is 1. The van der Waals surface area contributed by atoms with Crippen molar-refractivity contribution in [2.24, 2.45) is 0 Å². The molecule has 0 bridgehead atoms. The summed E-state index contributed by atoms with van der Waals surface area (Å²) >= 11 is 0. The summed E-state index contributed by atoms with van der Waals surface area (Å²) in [6.07, 6.45) is 3.51. The van der Waals surface area contributed by atoms with Crippen molar-refractivity contribution in [2.45, 2.75) is 17.9 Å². The van der Waals surface area contributed by atoms with E-state index < -0.39 is 22.0 Å². The molecule has 1 atom stereocenters. The van der Waals surface area contributed by atoms with E-state index in [9.17, 15) is 13.2 Å². The first-order chi connectivity index (χ1) is 12.4. The minimum absolute atomic E-state index is 0.0434. The summed E-state index contributed by atoms with van der Waals surface area (Å²) in [5, 5.41) is 0. The van der Waals surface area contributed by atoms with E-state index in [0.29, 0.717) is 5.75 Å². The number of sulfonamides is 1. The molecule has 0 heterocycles. The zero-order valence-electron chi connectivity index (χ0n) is 14.6. The number of carbonyl (C=O) groups is 1. The molecule has 0 unspecified atom stereocenters. The van der Waals surface area contributed by atoms with E-state index >= 15 is 0 Å². The number of esters is 1. The molecule has 138 valence electrons. The second kappa shape index (κ2) is 9.17. The SMILES string of the molecule is COc1ccc(S(=O)(=O)N[C@@H](C)C(=O)OCC=Cc2ccccc2)cc1. The lowest BCUT2D eigenvalue weighted by Crippen LogP contribution is -2.39. The summed E-state index contributed by atoms with van der Waals surface area (Å²) in [6.45, 7) is 1.49. The van der Waals surface area contributed by atoms with Gasteiger partial charge in [0.1, 0.15) is 18.4 Å². The van der Waals surface area contributed by atoms with Gasteiger partial charge < -0.3 is 9.47 Å². The maximum absolute atomic E-state index is 12.3. The van der Waals surface area contributed by atoms with Gasteiger partial charge in [-0.2, -0.15) is 4.72 Å². The molecule has 0 radical (unpaired) electrons. The molecule has 2 aromatic carbocycles. The van der Waals surface area contributed by atoms with Gasteiger partial charge in [0, 0.05) is 0 Å². The van der Waals surface area contributed by atoms with Gasteiger partial charge in [-0.25, -0.2) is 8.42 Å². The van der Waals surface area contributed by atoms with Gasteiger partial charge in [-0.3, -0.25) is 4.79 Å². The fourth-order valence-electron chi connectivity index (χ4n) is 2.11. The van der Waals surface area contributed by atoms with Crippen molar-refractivity contribution in [1.82, 2.24) is 4.72 Å². The normalized spacial score (nSPS) is 12.7. The van der Waals surface area contributed by atoms with Crippen molar-refractivity contribution in [1.29, 1.82) is 0 Å². The van der Waals surface area contributed by atoms with Gasteiger partial charge in [-0.05, 0) is 42.8 Å². The Bertz CT molecular complexity index is 845. The van der Waals surface area contributed by atoms with Gasteiger partial charge in [-0.1, -0.05) is 36.4 Å². The highest BCUT2D eigenvalue weighted by Crippen LogP contribution is 2.15. The third-order valence-corrected chi connectivity index (χ3v) is 5.04. The van der Waals surface area contributed by atoms with E-state index in [1.807, 2.05) is 36.4 Å². The highest BCUT2D eigenvalue weighted by Gasteiger charge is 2.22. The number of rotatable bonds is 8. The van der Waals surface area contributed by atoms with Crippen LogP contribution in [0.4, 0.5) is 0 Å². The Labute approximate surface area is 153 Å². The largest absolute Gasteiger partial charge is 0.497 e. The summed E-state index contributed by atoms with van der Waals surface area (Å²) in [5.41, 5.74) is 0.983. The van der Waals surface area contributed by atoms with E-state index in [1.54, 1.807) is 6.08 Å². The molecule has 0 aliphatic heterocycles. The van der Waals surface area contributed by atoms with Crippen LogP contribution in [0.3, 0.4) is 0 Å². The number of methoxy groups -OCH3 is 1. The van der Waals surface area contributed by atoms with Gasteiger partial charge in [0.2, 0.25) is 10.0 Å². The smallest absolute Gasteiger partial charge is 0.324 e. The molecule has 0 aliphatic carbocycles. The van der Waals surface area contributed by atoms with Crippen molar-refractivity contribution in [2.75, 3.05) is 13.7 Å². The molecule has 0 fully saturated rings. The van der Waals surface area contributed by atoms with Crippen LogP contribution in [-0.2, 0) is 19.6 Å². The first-order valence-corrected chi connectivity index (χ1v) is 9.45. The molecule has 1 N–H and O–H groups in total. The van der Waals surface area contributed by atoms with E-state index in [-0.39, 0.29) is 11.5 Å². The molecule has 0 amide bonds. The summed E-state index contributed by atoms with van der Waals surface area (Å²) in [7, 11) is -2.34. The first kappa shape index (κ1) is 19.7. The molecule has 0 saturated heterocycles. The van der Waals surface area contributed by atoms with Crippen LogP contribution in [0.25, 0.3) is 6.08 Å². The van der Waals surface area contributed by atoms with Crippen LogP contribution in [0, 0.1) is 0 Å². The lowest BCUT2D eigenvalue weighted by Gasteiger charge is -2.13. The van der Waals surface area contributed by atoms with Crippen molar-refractivity contribution >= 4 is 22.1 Å². The standard InChI is InChI=1S/C19H21NO5S/c1-15(19(21)25-14-6-9-16-7-4-3-5-8-16)20-26(22,23)18-12-10-17(24-2)11-13-18/h3-13,15,20H,14H2,1-2H3/t15-/m0/s1. The molecule has 2 rings (SSSR count). The average Bonchev–Trinajstić information content (AvgIpc) is 2.65. The molecule has 2 aromatic rings. The van der Waals surface area contributed by atoms with Crippen LogP contribution < -0.4 is 9.46 Å². The number of hydrogen-bond donors (Lipinski definition) is 1. The third kappa shape index (κ3) is 5.72. The minimum Gasteiger partial charge on any atom is -0.497 e. The Kier molecular flexibility index (Phi) is 6.94. The maximum atomic E-state index is 12.3. The number of nitrogens with one attached hydrogen (secondary N) is 1. The Hall–Kier alpha value is -2.64. The quantitative estimate of drug-likeness (QED) is 0.717. The molecule has 7 heteroatoms. The zero-order valence-corrected chi connectivity index (χ0v) is 15.4. The van der Waals surface area contributed by atoms with Crippen LogP contribution in [0.5, 0.6) is 5.75 Å². The maximum Gasteiger partial charge on any atom is 0.324 e. The molecule has 6 nitrogen and oxygen atoms in total. The molecule has 0 aromatic heterocycles. The predicted molar refractivity (Wildman–Crippen MR) is 99.2 cm³/mol. The van der Waals surface area contributed by atoms with Gasteiger partial charge in [0.05, 0.1) is 12.0 Å². The summed E-state index contributed by atoms with van der Waals surface area (Å²) < 4.78 is 36.9. The lowest BCUT2D eigenvalue weighted by molar-refractivity contribution is -0.143. The topological polar surface area (TPSA) is 81.7 Å². The molecule has 26 heavy (non-hydrogen) atoms. The van der Waals surface area contributed by atoms with Crippen molar-refractivity contribution in [3.63, 3.8) is 0 Å². The van der Waals surface area contributed by atoms with Crippen molar-refractivity contribution in [3.05, 3.63) is 66.2 Å². The second-order valence-corrected chi connectivity index (χ2v) is 7.18. The average molecular weight is 375 g/mol. The Morgan fingerprint density at radius 2 is 1.77 bits per heavy atom. The lowest BCUT2D eigenvalue weighted by atomic mass is 10.2. The van der Waals surface area contributed by atoms with Gasteiger partial charge in [0.25, 0.3) is 0 Å². The summed E-state index contributed by atoms with van der Waals surface area (Å²) in [6, 6.07) is 14.4. The van der Waals surface area contributed by atoms with Gasteiger partial charge in [-0.15, -0.1) is 0 Å². The summed E-state index contributed by atoms with van der Waals surface area (Å²) in [5.74, 6) is -0.110. The van der Waals surface area contributed by atoms with E-state index in [1.165, 1.54) is 38.3 Å². The van der Waals surface area contributed by atoms with Gasteiger partial charge >= 0.3 is 5.97 Å². The molecular formula is C19H21NO5S. The number of benzene rings is 2. The van der Waals surface area contributed by atoms with Crippen molar-refractivity contribution < 1.29 is 22.7 Å². The van der Waals surface area contributed by atoms with Gasteiger partial charge in [0.15, 0.2) is 0 Å². The Morgan fingerprint density at radius 1 is 1.12 bits per heavy atom. The Morgan fingerprint density at radius 3 is 2.38 bits per heavy atom. The molecule has 0 saturated carbocycles. The fourth-order valence-corrected chi connectivity index (χ4v) is 3.30. The minimum atomic E-state index is -3.83. The van der Waals surface area contributed by atoms with Crippen LogP contribution in [0.15, 0.2) is 65.6 Å².